The smallest absolute Gasteiger partial charge is 0.253 e. The summed E-state index contributed by atoms with van der Waals surface area (Å²) in [6, 6.07) is 13.4. The Labute approximate surface area is 123 Å². The molecule has 1 atom stereocenters. The number of carbonyl (C=O) groups is 1. The summed E-state index contributed by atoms with van der Waals surface area (Å²) in [5.41, 5.74) is 9.48. The van der Waals surface area contributed by atoms with E-state index in [-0.39, 0.29) is 5.91 Å². The van der Waals surface area contributed by atoms with Crippen LogP contribution in [0.5, 0.6) is 5.75 Å². The summed E-state index contributed by atoms with van der Waals surface area (Å²) < 4.78 is 5.13. The van der Waals surface area contributed by atoms with Gasteiger partial charge in [-0.05, 0) is 35.7 Å². The highest BCUT2D eigenvalue weighted by Crippen LogP contribution is 2.34. The molecule has 0 saturated carbocycles. The van der Waals surface area contributed by atoms with E-state index in [4.69, 9.17) is 10.5 Å². The zero-order valence-electron chi connectivity index (χ0n) is 11.9. The van der Waals surface area contributed by atoms with Crippen molar-refractivity contribution in [3.05, 3.63) is 59.2 Å². The van der Waals surface area contributed by atoms with Gasteiger partial charge in [-0.2, -0.15) is 0 Å². The largest absolute Gasteiger partial charge is 0.497 e. The normalized spacial score (nSPS) is 15.8. The second-order valence-electron chi connectivity index (χ2n) is 5.26. The van der Waals surface area contributed by atoms with E-state index in [1.54, 1.807) is 25.3 Å². The Hall–Kier alpha value is -2.49. The van der Waals surface area contributed by atoms with Gasteiger partial charge in [0.15, 0.2) is 0 Å². The fraction of sp³-hybridized carbons (Fsp3) is 0.235. The SMILES string of the molecule is COc1ccc(N)c(C(=O)NCC2Cc3ccccc32)c1. The number of ether oxygens (including phenoxy) is 1. The van der Waals surface area contributed by atoms with Crippen molar-refractivity contribution in [1.29, 1.82) is 0 Å². The number of methoxy groups -OCH3 is 1. The molecule has 0 spiro atoms. The molecule has 3 N–H and O–H groups in total. The minimum absolute atomic E-state index is 0.157. The second-order valence-corrected chi connectivity index (χ2v) is 5.26. The summed E-state index contributed by atoms with van der Waals surface area (Å²) in [6.45, 7) is 0.631. The molecule has 4 nitrogen and oxygen atoms in total. The number of benzene rings is 2. The molecule has 108 valence electrons. The van der Waals surface area contributed by atoms with E-state index in [1.807, 2.05) is 12.1 Å². The standard InChI is InChI=1S/C17H18N2O2/c1-21-13-6-7-16(18)15(9-13)17(20)19-10-12-8-11-4-2-3-5-14(11)12/h2-7,9,12H,8,10,18H2,1H3,(H,19,20). The van der Waals surface area contributed by atoms with Gasteiger partial charge in [0.05, 0.1) is 12.7 Å². The first kappa shape index (κ1) is 13.5. The Morgan fingerprint density at radius 1 is 1.33 bits per heavy atom. The number of fused-ring (bicyclic) bond motifs is 1. The third-order valence-electron chi connectivity index (χ3n) is 3.98. The third-order valence-corrected chi connectivity index (χ3v) is 3.98. The first-order valence-corrected chi connectivity index (χ1v) is 6.98. The van der Waals surface area contributed by atoms with Crippen molar-refractivity contribution < 1.29 is 9.53 Å². The highest BCUT2D eigenvalue weighted by molar-refractivity contribution is 5.99. The molecule has 1 aliphatic rings. The van der Waals surface area contributed by atoms with Crippen LogP contribution in [0.15, 0.2) is 42.5 Å². The molecule has 0 aromatic heterocycles. The lowest BCUT2D eigenvalue weighted by molar-refractivity contribution is 0.0950. The van der Waals surface area contributed by atoms with Crippen molar-refractivity contribution in [2.24, 2.45) is 0 Å². The van der Waals surface area contributed by atoms with Crippen LogP contribution in [0, 0.1) is 0 Å². The molecule has 0 radical (unpaired) electrons. The summed E-state index contributed by atoms with van der Waals surface area (Å²) in [5.74, 6) is 0.871. The molecule has 1 unspecified atom stereocenters. The molecule has 2 aromatic carbocycles. The molecule has 1 amide bonds. The lowest BCUT2D eigenvalue weighted by Crippen LogP contribution is -2.33. The van der Waals surface area contributed by atoms with Crippen molar-refractivity contribution in [3.63, 3.8) is 0 Å². The molecule has 0 heterocycles. The van der Waals surface area contributed by atoms with Gasteiger partial charge in [-0.25, -0.2) is 0 Å². The summed E-state index contributed by atoms with van der Waals surface area (Å²) >= 11 is 0. The average Bonchev–Trinajstić information content (AvgIpc) is 2.48. The number of nitrogen functional groups attached to an aromatic ring is 1. The Kier molecular flexibility index (Phi) is 3.52. The number of hydrogen-bond acceptors (Lipinski definition) is 3. The Morgan fingerprint density at radius 2 is 2.14 bits per heavy atom. The van der Waals surface area contributed by atoms with Gasteiger partial charge >= 0.3 is 0 Å². The highest BCUT2D eigenvalue weighted by Gasteiger charge is 2.25. The van der Waals surface area contributed by atoms with Crippen molar-refractivity contribution >= 4 is 11.6 Å². The predicted molar refractivity (Wildman–Crippen MR) is 82.6 cm³/mol. The molecule has 2 aromatic rings. The lowest BCUT2D eigenvalue weighted by atomic mass is 9.77. The van der Waals surface area contributed by atoms with Gasteiger partial charge in [-0.15, -0.1) is 0 Å². The van der Waals surface area contributed by atoms with Gasteiger partial charge in [-0.1, -0.05) is 24.3 Å². The van der Waals surface area contributed by atoms with Crippen LogP contribution in [0.2, 0.25) is 0 Å². The number of hydrogen-bond donors (Lipinski definition) is 2. The summed E-state index contributed by atoms with van der Waals surface area (Å²) in [5, 5.41) is 2.96. The Balaban J connectivity index is 1.66. The first-order valence-electron chi connectivity index (χ1n) is 6.98. The van der Waals surface area contributed by atoms with Crippen LogP contribution in [0.1, 0.15) is 27.4 Å². The van der Waals surface area contributed by atoms with Crippen molar-refractivity contribution in [3.8, 4) is 5.75 Å². The molecule has 0 bridgehead atoms. The molecule has 21 heavy (non-hydrogen) atoms. The molecular formula is C17H18N2O2. The van der Waals surface area contributed by atoms with Gasteiger partial charge in [0, 0.05) is 18.2 Å². The van der Waals surface area contributed by atoms with Gasteiger partial charge in [0.25, 0.3) is 5.91 Å². The van der Waals surface area contributed by atoms with Crippen LogP contribution >= 0.6 is 0 Å². The Bertz CT molecular complexity index is 682. The summed E-state index contributed by atoms with van der Waals surface area (Å²) in [7, 11) is 1.57. The van der Waals surface area contributed by atoms with E-state index in [0.717, 1.165) is 6.42 Å². The molecule has 0 saturated heterocycles. The molecular weight excluding hydrogens is 264 g/mol. The fourth-order valence-electron chi connectivity index (χ4n) is 2.71. The van der Waals surface area contributed by atoms with E-state index in [1.165, 1.54) is 11.1 Å². The van der Waals surface area contributed by atoms with Crippen molar-refractivity contribution in [2.75, 3.05) is 19.4 Å². The third kappa shape index (κ3) is 2.57. The molecule has 0 aliphatic heterocycles. The fourth-order valence-corrected chi connectivity index (χ4v) is 2.71. The molecule has 4 heteroatoms. The maximum absolute atomic E-state index is 12.2. The highest BCUT2D eigenvalue weighted by atomic mass is 16.5. The number of nitrogens with two attached hydrogens (primary N) is 1. The molecule has 3 rings (SSSR count). The van der Waals surface area contributed by atoms with Crippen LogP contribution in [0.3, 0.4) is 0 Å². The van der Waals surface area contributed by atoms with Crippen LogP contribution in [-0.4, -0.2) is 19.6 Å². The van der Waals surface area contributed by atoms with Gasteiger partial charge in [0.1, 0.15) is 5.75 Å². The van der Waals surface area contributed by atoms with E-state index in [0.29, 0.717) is 29.5 Å². The van der Waals surface area contributed by atoms with Crippen LogP contribution in [0.4, 0.5) is 5.69 Å². The van der Waals surface area contributed by atoms with Crippen LogP contribution < -0.4 is 15.8 Å². The number of anilines is 1. The monoisotopic (exact) mass is 282 g/mol. The van der Waals surface area contributed by atoms with Crippen molar-refractivity contribution in [2.45, 2.75) is 12.3 Å². The predicted octanol–water partition coefficient (Wildman–Crippen LogP) is 2.35. The van der Waals surface area contributed by atoms with Crippen LogP contribution in [0.25, 0.3) is 0 Å². The molecule has 1 aliphatic carbocycles. The number of amides is 1. The quantitative estimate of drug-likeness (QED) is 0.846. The lowest BCUT2D eigenvalue weighted by Gasteiger charge is -2.30. The maximum Gasteiger partial charge on any atom is 0.253 e. The maximum atomic E-state index is 12.2. The zero-order chi connectivity index (χ0) is 14.8. The van der Waals surface area contributed by atoms with Gasteiger partial charge in [-0.3, -0.25) is 4.79 Å². The van der Waals surface area contributed by atoms with E-state index in [2.05, 4.69) is 17.4 Å². The molecule has 0 fully saturated rings. The number of nitrogens with one attached hydrogen (secondary N) is 1. The minimum Gasteiger partial charge on any atom is -0.497 e. The minimum atomic E-state index is -0.157. The van der Waals surface area contributed by atoms with E-state index in [9.17, 15) is 4.79 Å². The van der Waals surface area contributed by atoms with E-state index < -0.39 is 0 Å². The van der Waals surface area contributed by atoms with Crippen molar-refractivity contribution in [1.82, 2.24) is 5.32 Å². The number of carbonyl (C=O) groups excluding carboxylic acids is 1. The zero-order valence-corrected chi connectivity index (χ0v) is 11.9. The van der Waals surface area contributed by atoms with Gasteiger partial charge < -0.3 is 15.8 Å². The second kappa shape index (κ2) is 5.48. The van der Waals surface area contributed by atoms with Crippen LogP contribution in [-0.2, 0) is 6.42 Å². The summed E-state index contributed by atoms with van der Waals surface area (Å²) in [4.78, 5) is 12.2. The van der Waals surface area contributed by atoms with Gasteiger partial charge in [0.2, 0.25) is 0 Å². The van der Waals surface area contributed by atoms with E-state index >= 15 is 0 Å². The first-order chi connectivity index (χ1) is 10.2. The summed E-state index contributed by atoms with van der Waals surface area (Å²) in [6.07, 6.45) is 1.02. The average molecular weight is 282 g/mol. The Morgan fingerprint density at radius 3 is 2.90 bits per heavy atom. The topological polar surface area (TPSA) is 64.3 Å². The number of rotatable bonds is 4.